The van der Waals surface area contributed by atoms with Crippen molar-refractivity contribution in [2.24, 2.45) is 0 Å². The maximum absolute atomic E-state index is 5.42. The normalized spacial score (nSPS) is 11.4. The monoisotopic (exact) mass is 310 g/mol. The van der Waals surface area contributed by atoms with Crippen LogP contribution in [0.3, 0.4) is 0 Å². The van der Waals surface area contributed by atoms with Crippen LogP contribution in [0.4, 0.5) is 0 Å². The second-order valence-electron chi connectivity index (χ2n) is 4.04. The van der Waals surface area contributed by atoms with Gasteiger partial charge < -0.3 is 9.47 Å². The van der Waals surface area contributed by atoms with E-state index in [1.54, 1.807) is 14.2 Å². The van der Waals surface area contributed by atoms with E-state index in [-0.39, 0.29) is 0 Å². The predicted octanol–water partition coefficient (Wildman–Crippen LogP) is 4.37. The van der Waals surface area contributed by atoms with E-state index < -0.39 is 0 Å². The molecular weight excluding hydrogens is 292 g/mol. The lowest BCUT2D eigenvalue weighted by Gasteiger charge is -2.16. The Hall–Kier alpha value is -1.14. The highest BCUT2D eigenvalue weighted by atomic mass is 79.9. The van der Waals surface area contributed by atoms with Crippen molar-refractivity contribution < 1.29 is 9.47 Å². The SMILES string of the molecule is CCC#CCC(C)c1cc(Br)c(OC)cc1OC. The molecule has 0 saturated carbocycles. The van der Waals surface area contributed by atoms with Crippen LogP contribution < -0.4 is 9.47 Å². The number of benzene rings is 1. The van der Waals surface area contributed by atoms with Crippen molar-refractivity contribution in [3.8, 4) is 23.3 Å². The Morgan fingerprint density at radius 3 is 2.39 bits per heavy atom. The van der Waals surface area contributed by atoms with Gasteiger partial charge >= 0.3 is 0 Å². The highest BCUT2D eigenvalue weighted by Crippen LogP contribution is 2.37. The van der Waals surface area contributed by atoms with E-state index in [4.69, 9.17) is 9.47 Å². The van der Waals surface area contributed by atoms with Gasteiger partial charge in [0.15, 0.2) is 0 Å². The summed E-state index contributed by atoms with van der Waals surface area (Å²) in [5.74, 6) is 8.24. The standard InChI is InChI=1S/C15H19BrO2/c1-5-6-7-8-11(2)12-9-13(16)15(18-4)10-14(12)17-3/h9-11H,5,8H2,1-4H3. The largest absolute Gasteiger partial charge is 0.496 e. The molecule has 0 spiro atoms. The molecule has 0 fully saturated rings. The van der Waals surface area contributed by atoms with Crippen molar-refractivity contribution in [3.05, 3.63) is 22.2 Å². The summed E-state index contributed by atoms with van der Waals surface area (Å²) >= 11 is 3.50. The number of ether oxygens (including phenoxy) is 2. The minimum absolute atomic E-state index is 0.334. The second kappa shape index (κ2) is 7.33. The molecule has 0 heterocycles. The quantitative estimate of drug-likeness (QED) is 0.769. The third-order valence-corrected chi connectivity index (χ3v) is 3.36. The van der Waals surface area contributed by atoms with Crippen molar-refractivity contribution >= 4 is 15.9 Å². The van der Waals surface area contributed by atoms with Gasteiger partial charge in [0.2, 0.25) is 0 Å². The lowest BCUT2D eigenvalue weighted by Crippen LogP contribution is -1.99. The molecule has 0 aliphatic carbocycles. The molecule has 0 saturated heterocycles. The van der Waals surface area contributed by atoms with Gasteiger partial charge in [-0.1, -0.05) is 13.8 Å². The van der Waals surface area contributed by atoms with E-state index in [9.17, 15) is 0 Å². The zero-order valence-electron chi connectivity index (χ0n) is 11.3. The minimum Gasteiger partial charge on any atom is -0.496 e. The zero-order chi connectivity index (χ0) is 13.5. The van der Waals surface area contributed by atoms with E-state index >= 15 is 0 Å². The Balaban J connectivity index is 3.03. The molecule has 98 valence electrons. The molecule has 2 nitrogen and oxygen atoms in total. The first-order valence-corrected chi connectivity index (χ1v) is 6.80. The average Bonchev–Trinajstić information content (AvgIpc) is 2.38. The van der Waals surface area contributed by atoms with Crippen LogP contribution in [0.1, 0.15) is 38.2 Å². The summed E-state index contributed by atoms with van der Waals surface area (Å²) in [4.78, 5) is 0. The Bertz CT molecular complexity index is 458. The molecule has 0 aromatic heterocycles. The third kappa shape index (κ3) is 3.68. The van der Waals surface area contributed by atoms with Crippen molar-refractivity contribution in [2.75, 3.05) is 14.2 Å². The van der Waals surface area contributed by atoms with Crippen LogP contribution in [0.15, 0.2) is 16.6 Å². The van der Waals surface area contributed by atoms with Gasteiger partial charge in [-0.15, -0.1) is 11.8 Å². The van der Waals surface area contributed by atoms with Crippen molar-refractivity contribution in [1.29, 1.82) is 0 Å². The summed E-state index contributed by atoms with van der Waals surface area (Å²) in [7, 11) is 3.33. The van der Waals surface area contributed by atoms with Gasteiger partial charge in [-0.25, -0.2) is 0 Å². The van der Waals surface area contributed by atoms with Crippen LogP contribution in [-0.2, 0) is 0 Å². The Labute approximate surface area is 118 Å². The summed E-state index contributed by atoms with van der Waals surface area (Å²) in [5, 5.41) is 0. The highest BCUT2D eigenvalue weighted by Gasteiger charge is 2.14. The maximum Gasteiger partial charge on any atom is 0.136 e. The average molecular weight is 311 g/mol. The van der Waals surface area contributed by atoms with E-state index in [0.29, 0.717) is 5.92 Å². The summed E-state index contributed by atoms with van der Waals surface area (Å²) < 4.78 is 11.6. The molecule has 0 amide bonds. The van der Waals surface area contributed by atoms with E-state index in [0.717, 1.165) is 34.4 Å². The lowest BCUT2D eigenvalue weighted by atomic mass is 9.97. The van der Waals surface area contributed by atoms with Crippen LogP contribution in [0.2, 0.25) is 0 Å². The molecule has 1 rings (SSSR count). The molecule has 18 heavy (non-hydrogen) atoms. The second-order valence-corrected chi connectivity index (χ2v) is 4.90. The number of methoxy groups -OCH3 is 2. The van der Waals surface area contributed by atoms with Crippen molar-refractivity contribution in [1.82, 2.24) is 0 Å². The zero-order valence-corrected chi connectivity index (χ0v) is 12.9. The van der Waals surface area contributed by atoms with Gasteiger partial charge in [0.05, 0.1) is 18.7 Å². The van der Waals surface area contributed by atoms with Gasteiger partial charge in [0.1, 0.15) is 11.5 Å². The molecule has 1 atom stereocenters. The van der Waals surface area contributed by atoms with Crippen LogP contribution in [0, 0.1) is 11.8 Å². The molecule has 0 N–H and O–H groups in total. The number of hydrogen-bond acceptors (Lipinski definition) is 2. The summed E-state index contributed by atoms with van der Waals surface area (Å²) in [6.45, 7) is 4.21. The molecule has 1 unspecified atom stereocenters. The fourth-order valence-electron chi connectivity index (χ4n) is 1.73. The fraction of sp³-hybridized carbons (Fsp3) is 0.467. The van der Waals surface area contributed by atoms with E-state index in [1.807, 2.05) is 6.07 Å². The van der Waals surface area contributed by atoms with Crippen LogP contribution >= 0.6 is 15.9 Å². The Morgan fingerprint density at radius 1 is 1.17 bits per heavy atom. The van der Waals surface area contributed by atoms with Gasteiger partial charge in [0, 0.05) is 18.9 Å². The summed E-state index contributed by atoms with van der Waals surface area (Å²) in [5.41, 5.74) is 1.15. The van der Waals surface area contributed by atoms with Gasteiger partial charge in [-0.3, -0.25) is 0 Å². The summed E-state index contributed by atoms with van der Waals surface area (Å²) in [6.07, 6.45) is 1.74. The van der Waals surface area contributed by atoms with Crippen LogP contribution in [-0.4, -0.2) is 14.2 Å². The molecule has 0 bridgehead atoms. The van der Waals surface area contributed by atoms with Gasteiger partial charge in [0.25, 0.3) is 0 Å². The van der Waals surface area contributed by atoms with Crippen molar-refractivity contribution in [2.45, 2.75) is 32.6 Å². The number of rotatable bonds is 4. The molecule has 1 aromatic rings. The van der Waals surface area contributed by atoms with Crippen molar-refractivity contribution in [3.63, 3.8) is 0 Å². The van der Waals surface area contributed by atoms with Crippen LogP contribution in [0.25, 0.3) is 0 Å². The first-order valence-electron chi connectivity index (χ1n) is 6.01. The maximum atomic E-state index is 5.42. The minimum atomic E-state index is 0.334. The third-order valence-electron chi connectivity index (χ3n) is 2.75. The first kappa shape index (κ1) is 14.9. The topological polar surface area (TPSA) is 18.5 Å². The Kier molecular flexibility index (Phi) is 6.07. The van der Waals surface area contributed by atoms with E-state index in [2.05, 4.69) is 47.7 Å². The number of halogens is 1. The smallest absolute Gasteiger partial charge is 0.136 e. The van der Waals surface area contributed by atoms with Gasteiger partial charge in [-0.2, -0.15) is 0 Å². The lowest BCUT2D eigenvalue weighted by molar-refractivity contribution is 0.387. The number of hydrogen-bond donors (Lipinski definition) is 0. The van der Waals surface area contributed by atoms with Gasteiger partial charge in [-0.05, 0) is 33.5 Å². The van der Waals surface area contributed by atoms with Crippen LogP contribution in [0.5, 0.6) is 11.5 Å². The Morgan fingerprint density at radius 2 is 1.83 bits per heavy atom. The molecular formula is C15H19BrO2. The molecule has 1 aromatic carbocycles. The summed E-state index contributed by atoms with van der Waals surface area (Å²) in [6, 6.07) is 3.96. The highest BCUT2D eigenvalue weighted by molar-refractivity contribution is 9.10. The first-order chi connectivity index (χ1) is 8.63. The molecule has 0 aliphatic rings. The molecule has 3 heteroatoms. The predicted molar refractivity (Wildman–Crippen MR) is 78.3 cm³/mol. The fourth-order valence-corrected chi connectivity index (χ4v) is 2.25. The molecule has 0 radical (unpaired) electrons. The van der Waals surface area contributed by atoms with E-state index in [1.165, 1.54) is 0 Å². The molecule has 0 aliphatic heterocycles.